The molecule has 2 heterocycles. The Bertz CT molecular complexity index is 1230. The first-order chi connectivity index (χ1) is 21.4. The second kappa shape index (κ2) is 22.7. The Kier molecular flexibility index (Phi) is 19.3. The van der Waals surface area contributed by atoms with Gasteiger partial charge in [-0.25, -0.2) is 14.4 Å². The summed E-state index contributed by atoms with van der Waals surface area (Å²) in [5.41, 5.74) is 4.58. The van der Waals surface area contributed by atoms with Crippen LogP contribution >= 0.6 is 19.5 Å². The molecule has 0 aromatic carbocycles. The average Bonchev–Trinajstić information content (AvgIpc) is 3.48. The number of hydrogen-bond acceptors (Lipinski definition) is 9. The maximum absolute atomic E-state index is 12.8. The van der Waals surface area contributed by atoms with Crippen molar-refractivity contribution < 1.29 is 23.1 Å². The second-order valence-corrected chi connectivity index (χ2v) is 12.9. The van der Waals surface area contributed by atoms with Gasteiger partial charge in [-0.15, -0.1) is 11.8 Å². The zero-order chi connectivity index (χ0) is 31.9. The number of nitrogens with one attached hydrogen (secondary N) is 2. The van der Waals surface area contributed by atoms with E-state index in [1.165, 1.54) is 35.7 Å². The van der Waals surface area contributed by atoms with Gasteiger partial charge >= 0.3 is 13.4 Å². The number of carbonyl (C=O) groups excluding carboxylic acids is 1. The minimum absolute atomic E-state index is 0.0153. The van der Waals surface area contributed by atoms with Gasteiger partial charge in [-0.2, -0.15) is 4.98 Å². The van der Waals surface area contributed by atoms with E-state index in [0.29, 0.717) is 12.2 Å². The van der Waals surface area contributed by atoms with Gasteiger partial charge in [-0.05, 0) is 51.0 Å². The van der Waals surface area contributed by atoms with E-state index in [0.717, 1.165) is 44.9 Å². The number of allylic oxidation sites excluding steroid dienone is 10. The molecule has 1 amide bonds. The van der Waals surface area contributed by atoms with Crippen LogP contribution in [0.3, 0.4) is 0 Å². The van der Waals surface area contributed by atoms with Crippen LogP contribution in [-0.4, -0.2) is 53.5 Å². The Morgan fingerprint density at radius 3 is 2.34 bits per heavy atom. The van der Waals surface area contributed by atoms with Gasteiger partial charge in [0.25, 0.3) is 0 Å². The van der Waals surface area contributed by atoms with E-state index >= 15 is 0 Å². The number of rotatable bonds is 22. The number of aromatic nitrogens is 2. The summed E-state index contributed by atoms with van der Waals surface area (Å²) in [7, 11) is -2.31. The number of nitrogen functional groups attached to an aromatic ring is 1. The minimum Gasteiger partial charge on any atom is -0.383 e. The van der Waals surface area contributed by atoms with Crippen molar-refractivity contribution in [1.29, 1.82) is 0 Å². The number of ether oxygens (including phenoxy) is 1. The molecule has 0 radical (unpaired) electrons. The number of thioether (sulfide) groups is 1. The number of unbranched alkanes of at least 4 members (excludes halogenated alkanes) is 1. The molecule has 0 bridgehead atoms. The molecule has 3 atom stereocenters. The van der Waals surface area contributed by atoms with Crippen LogP contribution < -0.4 is 21.8 Å². The highest BCUT2D eigenvalue weighted by Crippen LogP contribution is 2.44. The number of amides is 1. The third kappa shape index (κ3) is 16.4. The monoisotopic (exact) mass is 649 g/mol. The van der Waals surface area contributed by atoms with E-state index in [-0.39, 0.29) is 31.4 Å². The van der Waals surface area contributed by atoms with Gasteiger partial charge in [0.1, 0.15) is 17.5 Å². The number of anilines is 1. The van der Waals surface area contributed by atoms with E-state index in [1.807, 2.05) is 0 Å². The fraction of sp³-hybridized carbons (Fsp3) is 0.516. The topological polar surface area (TPSA) is 147 Å². The summed E-state index contributed by atoms with van der Waals surface area (Å²) in [6.07, 6.45) is 29.5. The summed E-state index contributed by atoms with van der Waals surface area (Å²) >= 11 is 1.42. The van der Waals surface area contributed by atoms with Gasteiger partial charge in [0.05, 0.1) is 6.61 Å². The molecule has 1 fully saturated rings. The highest BCUT2D eigenvalue weighted by molar-refractivity contribution is 8.00. The van der Waals surface area contributed by atoms with Crippen LogP contribution in [0, 0.1) is 0 Å². The minimum atomic E-state index is -3.59. The predicted octanol–water partition coefficient (Wildman–Crippen LogP) is 5.81. The lowest BCUT2D eigenvalue weighted by molar-refractivity contribution is -0.121. The van der Waals surface area contributed by atoms with Crippen LogP contribution in [0.15, 0.2) is 77.8 Å². The SMILES string of the molecule is CC/C=C\C/C=C\C/C=C\C/C=C\C/C=C\CCCC(=O)NCCNP(=O)(OC)OC[C@@H]1OC(n2ccc(N)nc2=O)CS1. The number of nitrogens with zero attached hydrogens (tertiary/aromatic N) is 2. The van der Waals surface area contributed by atoms with Crippen LogP contribution in [-0.2, 0) is 23.1 Å². The van der Waals surface area contributed by atoms with Gasteiger partial charge in [-0.3, -0.25) is 13.9 Å². The van der Waals surface area contributed by atoms with Crippen LogP contribution in [0.25, 0.3) is 0 Å². The van der Waals surface area contributed by atoms with Gasteiger partial charge < -0.3 is 20.3 Å². The van der Waals surface area contributed by atoms with E-state index in [2.05, 4.69) is 83.1 Å². The molecular weight excluding hydrogens is 601 g/mol. The smallest absolute Gasteiger partial charge is 0.383 e. The molecule has 1 aromatic rings. The third-order valence-electron chi connectivity index (χ3n) is 6.20. The van der Waals surface area contributed by atoms with Gasteiger partial charge in [0.2, 0.25) is 5.91 Å². The Balaban J connectivity index is 1.50. The van der Waals surface area contributed by atoms with Crippen molar-refractivity contribution in [3.05, 3.63) is 83.5 Å². The number of nitrogens with two attached hydrogens (primary N) is 1. The van der Waals surface area contributed by atoms with Crippen molar-refractivity contribution in [2.75, 3.05) is 38.3 Å². The lowest BCUT2D eigenvalue weighted by Gasteiger charge is -2.20. The molecule has 0 saturated carbocycles. The molecule has 4 N–H and O–H groups in total. The van der Waals surface area contributed by atoms with Crippen LogP contribution in [0.1, 0.15) is 64.5 Å². The second-order valence-electron chi connectivity index (χ2n) is 9.73. The molecule has 0 aliphatic carbocycles. The standard InChI is InChI=1S/C31H48N5O6PS/c1-3-4-5-6-7-8-9-10-11-12-13-14-15-16-17-18-19-20-28(37)33-22-23-34-43(39,40-2)41-25-30-42-29(26-44-30)36-24-21-27(32)35-31(36)38/h4-5,7-8,10-11,13-14,16-17,21,24,29-30H,3,6,9,12,15,18-20,22-23,25-26H2,1-2H3,(H,33,37)(H,34,39)(H2,32,35,38)/b5-4-,8-7-,11-10-,14-13-,17-16-/t29?,30-,43?/m1/s1. The van der Waals surface area contributed by atoms with E-state index < -0.39 is 25.1 Å². The fourth-order valence-corrected chi connectivity index (χ4v) is 6.01. The van der Waals surface area contributed by atoms with E-state index in [4.69, 9.17) is 19.5 Å². The van der Waals surface area contributed by atoms with Crippen LogP contribution in [0.4, 0.5) is 5.82 Å². The van der Waals surface area contributed by atoms with E-state index in [1.54, 1.807) is 0 Å². The summed E-state index contributed by atoms with van der Waals surface area (Å²) in [5.74, 6) is 0.570. The molecule has 2 unspecified atom stereocenters. The largest absolute Gasteiger partial charge is 0.405 e. The van der Waals surface area contributed by atoms with Crippen LogP contribution in [0.2, 0.25) is 0 Å². The lowest BCUT2D eigenvalue weighted by Crippen LogP contribution is -2.31. The van der Waals surface area contributed by atoms with Gasteiger partial charge in [0.15, 0.2) is 0 Å². The quantitative estimate of drug-likeness (QED) is 0.0799. The zero-order valence-corrected chi connectivity index (χ0v) is 27.6. The molecule has 13 heteroatoms. The zero-order valence-electron chi connectivity index (χ0n) is 25.8. The van der Waals surface area contributed by atoms with Gasteiger partial charge in [-0.1, -0.05) is 67.7 Å². The molecule has 244 valence electrons. The Morgan fingerprint density at radius 2 is 1.73 bits per heavy atom. The molecule has 44 heavy (non-hydrogen) atoms. The number of carbonyl (C=O) groups is 1. The van der Waals surface area contributed by atoms with Crippen molar-refractivity contribution in [2.45, 2.75) is 70.0 Å². The molecule has 1 aromatic heterocycles. The Labute approximate surface area is 265 Å². The Hall–Kier alpha value is -2.73. The lowest BCUT2D eigenvalue weighted by atomic mass is 10.2. The van der Waals surface area contributed by atoms with Crippen molar-refractivity contribution >= 4 is 31.2 Å². The van der Waals surface area contributed by atoms with Crippen LogP contribution in [0.5, 0.6) is 0 Å². The van der Waals surface area contributed by atoms with Crippen molar-refractivity contribution in [1.82, 2.24) is 20.0 Å². The first-order valence-electron chi connectivity index (χ1n) is 15.1. The molecule has 0 spiro atoms. The molecule has 1 aliphatic heterocycles. The third-order valence-corrected chi connectivity index (χ3v) is 8.88. The van der Waals surface area contributed by atoms with Crippen molar-refractivity contribution in [2.24, 2.45) is 0 Å². The molecule has 2 rings (SSSR count). The summed E-state index contributed by atoms with van der Waals surface area (Å²) in [6, 6.07) is 1.52. The molecule has 11 nitrogen and oxygen atoms in total. The fourth-order valence-electron chi connectivity index (χ4n) is 3.88. The first kappa shape index (κ1) is 37.5. The molecule has 1 aliphatic rings. The average molecular weight is 650 g/mol. The summed E-state index contributed by atoms with van der Waals surface area (Å²) in [4.78, 5) is 27.8. The van der Waals surface area contributed by atoms with Gasteiger partial charge in [0, 0.05) is 38.6 Å². The maximum atomic E-state index is 12.8. The summed E-state index contributed by atoms with van der Waals surface area (Å²) in [6.45, 7) is 2.61. The summed E-state index contributed by atoms with van der Waals surface area (Å²) < 4.78 is 30.6. The normalized spacial score (nSPS) is 18.9. The highest BCUT2D eigenvalue weighted by Gasteiger charge is 2.31. The highest BCUT2D eigenvalue weighted by atomic mass is 32.2. The van der Waals surface area contributed by atoms with E-state index in [9.17, 15) is 14.2 Å². The van der Waals surface area contributed by atoms with Crippen molar-refractivity contribution in [3.63, 3.8) is 0 Å². The first-order valence-corrected chi connectivity index (χ1v) is 17.6. The molecule has 1 saturated heterocycles. The van der Waals surface area contributed by atoms with Crippen molar-refractivity contribution in [3.8, 4) is 0 Å². The maximum Gasteiger partial charge on any atom is 0.405 e. The summed E-state index contributed by atoms with van der Waals surface area (Å²) in [5, 5.41) is 5.54. The Morgan fingerprint density at radius 1 is 1.09 bits per heavy atom. The molecular formula is C31H48N5O6PS. The number of hydrogen-bond donors (Lipinski definition) is 3. The predicted molar refractivity (Wildman–Crippen MR) is 179 cm³/mol.